The van der Waals surface area contributed by atoms with Crippen molar-refractivity contribution in [1.29, 1.82) is 0 Å². The van der Waals surface area contributed by atoms with E-state index in [1.807, 2.05) is 29.2 Å². The number of piperidine rings is 1. The van der Waals surface area contributed by atoms with E-state index in [1.54, 1.807) is 16.4 Å². The Morgan fingerprint density at radius 2 is 1.62 bits per heavy atom. The van der Waals surface area contributed by atoms with E-state index in [0.717, 1.165) is 61.8 Å². The fourth-order valence-corrected chi connectivity index (χ4v) is 7.46. The van der Waals surface area contributed by atoms with Crippen LogP contribution in [0.25, 0.3) is 0 Å². The van der Waals surface area contributed by atoms with Gasteiger partial charge in [0.15, 0.2) is 0 Å². The molecule has 3 heterocycles. The van der Waals surface area contributed by atoms with Crippen molar-refractivity contribution < 1.29 is 13.2 Å². The fraction of sp³-hybridized carbons (Fsp3) is 0.522. The molecule has 32 heavy (non-hydrogen) atoms. The highest BCUT2D eigenvalue weighted by molar-refractivity contribution is 7.91. The minimum absolute atomic E-state index is 0.0714. The third-order valence-corrected chi connectivity index (χ3v) is 9.84. The number of nitrogens with zero attached hydrogens (tertiary/aromatic N) is 3. The normalized spacial score (nSPS) is 19.1. The van der Waals surface area contributed by atoms with Gasteiger partial charge in [-0.15, -0.1) is 11.3 Å². The molecule has 0 N–H and O–H groups in total. The summed E-state index contributed by atoms with van der Waals surface area (Å²) in [5.74, 6) is 0.0714. The Hall–Kier alpha value is -1.45. The maximum Gasteiger partial charge on any atom is 0.252 e. The smallest absolute Gasteiger partial charge is 0.252 e. The Morgan fingerprint density at radius 3 is 2.38 bits per heavy atom. The van der Waals surface area contributed by atoms with Gasteiger partial charge in [0.05, 0.1) is 6.42 Å². The van der Waals surface area contributed by atoms with E-state index in [1.165, 1.54) is 16.9 Å². The Morgan fingerprint density at radius 1 is 0.875 bits per heavy atom. The van der Waals surface area contributed by atoms with Crippen molar-refractivity contribution in [2.45, 2.75) is 42.9 Å². The summed E-state index contributed by atoms with van der Waals surface area (Å²) in [6, 6.07) is 11.4. The van der Waals surface area contributed by atoms with Gasteiger partial charge in [-0.05, 0) is 49.1 Å². The molecule has 0 bridgehead atoms. The summed E-state index contributed by atoms with van der Waals surface area (Å²) in [6.45, 7) is 5.24. The molecule has 2 aliphatic rings. The van der Waals surface area contributed by atoms with Gasteiger partial charge in [-0.2, -0.15) is 4.31 Å². The zero-order valence-corrected chi connectivity index (χ0v) is 20.6. The van der Waals surface area contributed by atoms with Gasteiger partial charge >= 0.3 is 0 Å². The highest BCUT2D eigenvalue weighted by Gasteiger charge is 2.28. The molecule has 174 valence electrons. The number of hydrogen-bond donors (Lipinski definition) is 0. The molecule has 0 aliphatic carbocycles. The van der Waals surface area contributed by atoms with Crippen molar-refractivity contribution in [3.05, 3.63) is 51.9 Å². The van der Waals surface area contributed by atoms with Crippen molar-refractivity contribution >= 4 is 38.9 Å². The highest BCUT2D eigenvalue weighted by Crippen LogP contribution is 2.27. The van der Waals surface area contributed by atoms with E-state index < -0.39 is 10.0 Å². The summed E-state index contributed by atoms with van der Waals surface area (Å²) >= 11 is 7.21. The lowest BCUT2D eigenvalue weighted by molar-refractivity contribution is -0.130. The standard InChI is InChI=1S/C23H30ClN3O3S2/c24-20-7-5-19(6-8-20)18-25-11-4-12-26(16-15-25)22(28)17-21-9-10-23(31-21)32(29,30)27-13-2-1-3-14-27/h5-10H,1-4,11-18H2. The first-order valence-electron chi connectivity index (χ1n) is 11.3. The van der Waals surface area contributed by atoms with Crippen LogP contribution in [-0.2, 0) is 27.8 Å². The second kappa shape index (κ2) is 10.7. The van der Waals surface area contributed by atoms with Gasteiger partial charge < -0.3 is 4.90 Å². The molecule has 1 amide bonds. The van der Waals surface area contributed by atoms with Crippen molar-refractivity contribution in [1.82, 2.24) is 14.1 Å². The van der Waals surface area contributed by atoms with Crippen LogP contribution in [0.4, 0.5) is 0 Å². The van der Waals surface area contributed by atoms with Crippen molar-refractivity contribution in [3.8, 4) is 0 Å². The topological polar surface area (TPSA) is 60.9 Å². The molecule has 2 aromatic rings. The minimum Gasteiger partial charge on any atom is -0.341 e. The predicted molar refractivity (Wildman–Crippen MR) is 129 cm³/mol. The SMILES string of the molecule is O=C(Cc1ccc(S(=O)(=O)N2CCCCC2)s1)N1CCCN(Cc2ccc(Cl)cc2)CC1. The molecular formula is C23H30ClN3O3S2. The quantitative estimate of drug-likeness (QED) is 0.610. The van der Waals surface area contributed by atoms with Crippen LogP contribution in [0, 0.1) is 0 Å². The number of thiophene rings is 1. The van der Waals surface area contributed by atoms with Crippen LogP contribution < -0.4 is 0 Å². The average molecular weight is 496 g/mol. The zero-order chi connectivity index (χ0) is 22.6. The molecule has 9 heteroatoms. The summed E-state index contributed by atoms with van der Waals surface area (Å²) in [7, 11) is -3.44. The van der Waals surface area contributed by atoms with Gasteiger partial charge in [-0.1, -0.05) is 30.2 Å². The highest BCUT2D eigenvalue weighted by atomic mass is 35.5. The fourth-order valence-electron chi connectivity index (χ4n) is 4.31. The minimum atomic E-state index is -3.44. The number of carbonyl (C=O) groups is 1. The number of carbonyl (C=O) groups excluding carboxylic acids is 1. The summed E-state index contributed by atoms with van der Waals surface area (Å²) in [5, 5.41) is 0.738. The maximum absolute atomic E-state index is 12.9. The molecule has 0 spiro atoms. The number of sulfonamides is 1. The summed E-state index contributed by atoms with van der Waals surface area (Å²) in [4.78, 5) is 18.0. The first-order valence-corrected chi connectivity index (χ1v) is 13.9. The molecule has 2 saturated heterocycles. The van der Waals surface area contributed by atoms with Gasteiger partial charge in [0, 0.05) is 55.7 Å². The van der Waals surface area contributed by atoms with Gasteiger partial charge in [0.2, 0.25) is 5.91 Å². The molecule has 0 unspecified atom stereocenters. The third kappa shape index (κ3) is 5.91. The van der Waals surface area contributed by atoms with Crippen LogP contribution in [0.3, 0.4) is 0 Å². The predicted octanol–water partition coefficient (Wildman–Crippen LogP) is 3.85. The monoisotopic (exact) mass is 495 g/mol. The Kier molecular flexibility index (Phi) is 7.89. The van der Waals surface area contributed by atoms with Crippen molar-refractivity contribution in [2.24, 2.45) is 0 Å². The van der Waals surface area contributed by atoms with E-state index in [9.17, 15) is 13.2 Å². The molecule has 1 aromatic heterocycles. The van der Waals surface area contributed by atoms with Crippen LogP contribution in [0.1, 0.15) is 36.1 Å². The molecule has 0 radical (unpaired) electrons. The molecule has 6 nitrogen and oxygen atoms in total. The van der Waals surface area contributed by atoms with Crippen LogP contribution in [0.15, 0.2) is 40.6 Å². The van der Waals surface area contributed by atoms with Crippen molar-refractivity contribution in [2.75, 3.05) is 39.3 Å². The van der Waals surface area contributed by atoms with Crippen LogP contribution in [-0.4, -0.2) is 67.7 Å². The third-order valence-electron chi connectivity index (χ3n) is 6.13. The van der Waals surface area contributed by atoms with E-state index in [4.69, 9.17) is 11.6 Å². The second-order valence-corrected chi connectivity index (χ2v) is 12.3. The van der Waals surface area contributed by atoms with E-state index in [0.29, 0.717) is 23.8 Å². The van der Waals surface area contributed by atoms with Gasteiger partial charge in [-0.3, -0.25) is 9.69 Å². The molecule has 2 aliphatic heterocycles. The number of rotatable bonds is 6. The van der Waals surface area contributed by atoms with Gasteiger partial charge in [-0.25, -0.2) is 8.42 Å². The average Bonchev–Trinajstić information content (AvgIpc) is 3.14. The van der Waals surface area contributed by atoms with Crippen LogP contribution in [0.5, 0.6) is 0 Å². The molecule has 2 fully saturated rings. The molecular weight excluding hydrogens is 466 g/mol. The zero-order valence-electron chi connectivity index (χ0n) is 18.2. The first kappa shape index (κ1) is 23.7. The van der Waals surface area contributed by atoms with Crippen molar-refractivity contribution in [3.63, 3.8) is 0 Å². The first-order chi connectivity index (χ1) is 15.4. The maximum atomic E-state index is 12.9. The Bertz CT molecular complexity index is 1020. The molecule has 0 saturated carbocycles. The van der Waals surface area contributed by atoms with Crippen LogP contribution in [0.2, 0.25) is 5.02 Å². The largest absolute Gasteiger partial charge is 0.341 e. The number of benzene rings is 1. The Balaban J connectivity index is 1.32. The lowest BCUT2D eigenvalue weighted by Crippen LogP contribution is -2.36. The lowest BCUT2D eigenvalue weighted by Gasteiger charge is -2.25. The molecule has 4 rings (SSSR count). The van der Waals surface area contributed by atoms with E-state index in [-0.39, 0.29) is 12.3 Å². The molecule has 1 aromatic carbocycles. The summed E-state index contributed by atoms with van der Waals surface area (Å²) in [5.41, 5.74) is 1.22. The summed E-state index contributed by atoms with van der Waals surface area (Å²) < 4.78 is 27.7. The van der Waals surface area contributed by atoms with Gasteiger partial charge in [0.25, 0.3) is 10.0 Å². The van der Waals surface area contributed by atoms with E-state index >= 15 is 0 Å². The lowest BCUT2D eigenvalue weighted by atomic mass is 10.2. The number of hydrogen-bond acceptors (Lipinski definition) is 5. The van der Waals surface area contributed by atoms with E-state index in [2.05, 4.69) is 4.90 Å². The second-order valence-electron chi connectivity index (χ2n) is 8.50. The summed E-state index contributed by atoms with van der Waals surface area (Å²) in [6.07, 6.45) is 4.11. The van der Waals surface area contributed by atoms with Gasteiger partial charge in [0.1, 0.15) is 4.21 Å². The number of halogens is 1. The molecule has 0 atom stereocenters. The van der Waals surface area contributed by atoms with Crippen LogP contribution >= 0.6 is 22.9 Å². The Labute approximate surface area is 199 Å². The number of amides is 1.